The number of benzene rings is 2. The highest BCUT2D eigenvalue weighted by molar-refractivity contribution is 9.10. The highest BCUT2D eigenvalue weighted by atomic mass is 79.9. The molecule has 4 nitrogen and oxygen atoms in total. The summed E-state index contributed by atoms with van der Waals surface area (Å²) in [4.78, 5) is 13.3. The lowest BCUT2D eigenvalue weighted by molar-refractivity contribution is 0.0290. The quantitative estimate of drug-likeness (QED) is 0.535. The van der Waals surface area contributed by atoms with Crippen molar-refractivity contribution in [3.8, 4) is 11.5 Å². The molecule has 132 valence electrons. The van der Waals surface area contributed by atoms with Gasteiger partial charge in [0.25, 0.3) is 0 Å². The average molecular weight is 478 g/mol. The number of hydrogen-bond acceptors (Lipinski definition) is 4. The molecule has 6 heteroatoms. The van der Waals surface area contributed by atoms with Crippen molar-refractivity contribution in [3.05, 3.63) is 62.0 Å². The molecule has 0 aliphatic carbocycles. The van der Waals surface area contributed by atoms with Gasteiger partial charge in [0.05, 0.1) is 11.1 Å². The molecule has 0 radical (unpaired) electrons. The van der Waals surface area contributed by atoms with E-state index < -0.39 is 5.41 Å². The molecular formula is C20H14Br2O4. The Bertz CT molecular complexity index is 982. The summed E-state index contributed by atoms with van der Waals surface area (Å²) in [7, 11) is 0. The second-order valence-corrected chi connectivity index (χ2v) is 8.70. The number of halogens is 2. The smallest absolute Gasteiger partial charge is 0.179 e. The van der Waals surface area contributed by atoms with Gasteiger partial charge in [-0.05, 0) is 42.8 Å². The fourth-order valence-electron chi connectivity index (χ4n) is 3.82. The van der Waals surface area contributed by atoms with Crippen LogP contribution in [-0.4, -0.2) is 25.6 Å². The maximum absolute atomic E-state index is 13.3. The summed E-state index contributed by atoms with van der Waals surface area (Å²) >= 11 is 6.94. The second kappa shape index (κ2) is 5.86. The minimum absolute atomic E-state index is 0.0756. The van der Waals surface area contributed by atoms with Gasteiger partial charge in [0.2, 0.25) is 0 Å². The molecule has 5 rings (SSSR count). The zero-order valence-electron chi connectivity index (χ0n) is 13.7. The number of ketones is 1. The SMILES string of the molecule is O=C1c2cc(Br)ccc2OCC12COC1=C(COc3ccc(Br)cc31)C2. The van der Waals surface area contributed by atoms with Gasteiger partial charge in [-0.1, -0.05) is 31.9 Å². The molecular weight excluding hydrogens is 464 g/mol. The maximum Gasteiger partial charge on any atom is 0.179 e. The monoisotopic (exact) mass is 476 g/mol. The third kappa shape index (κ3) is 2.42. The van der Waals surface area contributed by atoms with Crippen molar-refractivity contribution in [2.45, 2.75) is 6.42 Å². The Morgan fingerprint density at radius 1 is 0.846 bits per heavy atom. The molecule has 0 saturated carbocycles. The Balaban J connectivity index is 1.54. The summed E-state index contributed by atoms with van der Waals surface area (Å²) in [6.07, 6.45) is 0.582. The number of carbonyl (C=O) groups excluding carboxylic acids is 1. The molecule has 0 aromatic heterocycles. The van der Waals surface area contributed by atoms with Gasteiger partial charge in [-0.25, -0.2) is 0 Å². The summed E-state index contributed by atoms with van der Waals surface area (Å²) in [5, 5.41) is 0. The average Bonchev–Trinajstić information content (AvgIpc) is 2.65. The highest BCUT2D eigenvalue weighted by Gasteiger charge is 2.49. The molecule has 1 atom stereocenters. The molecule has 3 heterocycles. The van der Waals surface area contributed by atoms with E-state index >= 15 is 0 Å². The van der Waals surface area contributed by atoms with Crippen LogP contribution in [-0.2, 0) is 4.74 Å². The topological polar surface area (TPSA) is 44.8 Å². The van der Waals surface area contributed by atoms with Crippen molar-refractivity contribution in [2.75, 3.05) is 19.8 Å². The Morgan fingerprint density at radius 2 is 1.50 bits per heavy atom. The largest absolute Gasteiger partial charge is 0.492 e. The zero-order chi connectivity index (χ0) is 17.9. The first kappa shape index (κ1) is 16.4. The Hall–Kier alpha value is -1.79. The van der Waals surface area contributed by atoms with E-state index in [2.05, 4.69) is 31.9 Å². The molecule has 0 fully saturated rings. The van der Waals surface area contributed by atoms with Gasteiger partial charge in [0.15, 0.2) is 5.78 Å². The number of Topliss-reactive ketones (excluding diaryl/α,β-unsaturated/α-hetero) is 1. The molecule has 2 aromatic rings. The van der Waals surface area contributed by atoms with Gasteiger partial charge in [-0.2, -0.15) is 0 Å². The maximum atomic E-state index is 13.3. The van der Waals surface area contributed by atoms with Gasteiger partial charge in [-0.15, -0.1) is 0 Å². The third-order valence-electron chi connectivity index (χ3n) is 5.13. The van der Waals surface area contributed by atoms with Crippen LogP contribution < -0.4 is 9.47 Å². The molecule has 26 heavy (non-hydrogen) atoms. The summed E-state index contributed by atoms with van der Waals surface area (Å²) in [6, 6.07) is 11.4. The zero-order valence-corrected chi connectivity index (χ0v) is 16.9. The van der Waals surface area contributed by atoms with Crippen LogP contribution in [0.3, 0.4) is 0 Å². The van der Waals surface area contributed by atoms with Crippen LogP contribution >= 0.6 is 31.9 Å². The molecule has 3 aliphatic heterocycles. The molecule has 0 N–H and O–H groups in total. The van der Waals surface area contributed by atoms with Crippen LogP contribution in [0.4, 0.5) is 0 Å². The molecule has 0 bridgehead atoms. The Morgan fingerprint density at radius 3 is 2.27 bits per heavy atom. The number of rotatable bonds is 0. The highest BCUT2D eigenvalue weighted by Crippen LogP contribution is 2.47. The van der Waals surface area contributed by atoms with Gasteiger partial charge in [0, 0.05) is 14.5 Å². The van der Waals surface area contributed by atoms with E-state index in [9.17, 15) is 4.79 Å². The predicted octanol–water partition coefficient (Wildman–Crippen LogP) is 5.00. The van der Waals surface area contributed by atoms with E-state index in [1.807, 2.05) is 36.4 Å². The first-order valence-corrected chi connectivity index (χ1v) is 9.89. The Kier molecular flexibility index (Phi) is 3.69. The lowest BCUT2D eigenvalue weighted by Gasteiger charge is -2.41. The van der Waals surface area contributed by atoms with Crippen molar-refractivity contribution in [3.63, 3.8) is 0 Å². The van der Waals surface area contributed by atoms with E-state index in [0.29, 0.717) is 37.6 Å². The van der Waals surface area contributed by atoms with Crippen LogP contribution in [0.25, 0.3) is 5.76 Å². The van der Waals surface area contributed by atoms with E-state index in [1.54, 1.807) is 0 Å². The van der Waals surface area contributed by atoms with E-state index in [4.69, 9.17) is 14.2 Å². The summed E-state index contributed by atoms with van der Waals surface area (Å²) in [5.74, 6) is 2.36. The van der Waals surface area contributed by atoms with Crippen molar-refractivity contribution >= 4 is 43.4 Å². The molecule has 0 saturated heterocycles. The van der Waals surface area contributed by atoms with Crippen molar-refractivity contribution < 1.29 is 19.0 Å². The lowest BCUT2D eigenvalue weighted by atomic mass is 9.73. The minimum atomic E-state index is -0.695. The van der Waals surface area contributed by atoms with Crippen LogP contribution in [0.1, 0.15) is 22.3 Å². The number of carbonyl (C=O) groups is 1. The normalized spacial score (nSPS) is 23.4. The predicted molar refractivity (Wildman–Crippen MR) is 104 cm³/mol. The van der Waals surface area contributed by atoms with Crippen LogP contribution in [0, 0.1) is 5.41 Å². The second-order valence-electron chi connectivity index (χ2n) is 6.87. The van der Waals surface area contributed by atoms with Crippen molar-refractivity contribution in [1.29, 1.82) is 0 Å². The van der Waals surface area contributed by atoms with E-state index in [-0.39, 0.29) is 5.78 Å². The van der Waals surface area contributed by atoms with Crippen molar-refractivity contribution in [1.82, 2.24) is 0 Å². The van der Waals surface area contributed by atoms with Gasteiger partial charge < -0.3 is 14.2 Å². The fraction of sp³-hybridized carbons (Fsp3) is 0.250. The van der Waals surface area contributed by atoms with Gasteiger partial charge in [-0.3, -0.25) is 4.79 Å². The summed E-state index contributed by atoms with van der Waals surface area (Å²) in [5.41, 5.74) is 1.86. The summed E-state index contributed by atoms with van der Waals surface area (Å²) < 4.78 is 19.8. The summed E-state index contributed by atoms with van der Waals surface area (Å²) in [6.45, 7) is 1.06. The fourth-order valence-corrected chi connectivity index (χ4v) is 4.54. The standard InChI is InChI=1S/C20H14Br2O4/c21-12-1-3-16-14(5-12)18-11(8-24-16)7-20(10-26-18)9-25-17-4-2-13(22)6-15(17)19(20)23/h1-6H,7-10H2. The van der Waals surface area contributed by atoms with Gasteiger partial charge in [0.1, 0.15) is 42.5 Å². The first-order valence-electron chi connectivity index (χ1n) is 8.30. The van der Waals surface area contributed by atoms with Crippen LogP contribution in [0.2, 0.25) is 0 Å². The van der Waals surface area contributed by atoms with Crippen LogP contribution in [0.5, 0.6) is 11.5 Å². The molecule has 0 amide bonds. The molecule has 1 unspecified atom stereocenters. The molecule has 2 aromatic carbocycles. The number of fused-ring (bicyclic) bond motifs is 3. The Labute approximate surface area is 167 Å². The molecule has 1 spiro atoms. The van der Waals surface area contributed by atoms with E-state index in [1.165, 1.54) is 0 Å². The molecule has 3 aliphatic rings. The lowest BCUT2D eigenvalue weighted by Crippen LogP contribution is -2.47. The minimum Gasteiger partial charge on any atom is -0.492 e. The number of ether oxygens (including phenoxy) is 3. The van der Waals surface area contributed by atoms with Crippen molar-refractivity contribution in [2.24, 2.45) is 5.41 Å². The van der Waals surface area contributed by atoms with Gasteiger partial charge >= 0.3 is 0 Å². The third-order valence-corrected chi connectivity index (χ3v) is 6.11. The first-order chi connectivity index (χ1) is 12.6. The van der Waals surface area contributed by atoms with Crippen LogP contribution in [0.15, 0.2) is 50.9 Å². The number of hydrogen-bond donors (Lipinski definition) is 0. The van der Waals surface area contributed by atoms with E-state index in [0.717, 1.165) is 31.6 Å².